The number of thioether (sulfide) groups is 1. The third kappa shape index (κ3) is 16.1. The molecule has 1 aromatic heterocycles. The van der Waals surface area contributed by atoms with Gasteiger partial charge in [-0.15, -0.1) is 11.8 Å². The second-order valence-corrected chi connectivity index (χ2v) is 18.6. The average Bonchev–Trinajstić information content (AvgIpc) is 3.49. The Morgan fingerprint density at radius 2 is 1.61 bits per heavy atom. The first kappa shape index (κ1) is 51.9. The van der Waals surface area contributed by atoms with Crippen LogP contribution in [0.5, 0.6) is 11.5 Å². The molecule has 1 aliphatic heterocycles. The number of hydrogen-bond donors (Lipinski definition) is 5. The van der Waals surface area contributed by atoms with Crippen LogP contribution in [-0.2, 0) is 43.0 Å². The zero-order valence-corrected chi connectivity index (χ0v) is 36.9. The summed E-state index contributed by atoms with van der Waals surface area (Å²) in [5, 5.41) is 25.6. The van der Waals surface area contributed by atoms with Crippen LogP contribution in [-0.4, -0.2) is 84.2 Å². The topological polar surface area (TPSA) is 250 Å². The lowest BCUT2D eigenvalue weighted by Crippen LogP contribution is -2.31. The molecule has 6 N–H and O–H groups in total. The predicted molar refractivity (Wildman–Crippen MR) is 222 cm³/mol. The Morgan fingerprint density at radius 1 is 0.968 bits per heavy atom. The third-order valence-corrected chi connectivity index (χ3v) is 12.0. The van der Waals surface area contributed by atoms with Crippen molar-refractivity contribution < 1.29 is 71.0 Å². The van der Waals surface area contributed by atoms with Crippen molar-refractivity contribution in [2.24, 2.45) is 10.7 Å². The summed E-state index contributed by atoms with van der Waals surface area (Å²) in [6.45, 7) is 3.64. The summed E-state index contributed by atoms with van der Waals surface area (Å²) in [6.07, 6.45) is -4.09. The summed E-state index contributed by atoms with van der Waals surface area (Å²) in [6, 6.07) is 7.83. The van der Waals surface area contributed by atoms with E-state index in [4.69, 9.17) is 70.2 Å². The van der Waals surface area contributed by atoms with Gasteiger partial charge in [0.25, 0.3) is 0 Å². The fourth-order valence-corrected chi connectivity index (χ4v) is 7.81. The van der Waals surface area contributed by atoms with Gasteiger partial charge in [-0.05, 0) is 86.1 Å². The quantitative estimate of drug-likeness (QED) is 0.0371. The van der Waals surface area contributed by atoms with Crippen LogP contribution >= 0.6 is 65.3 Å². The van der Waals surface area contributed by atoms with Crippen molar-refractivity contribution in [3.05, 3.63) is 95.0 Å². The minimum atomic E-state index is -4.56. The number of aliphatic carboxylic acids is 3. The van der Waals surface area contributed by atoms with Gasteiger partial charge in [0, 0.05) is 30.8 Å². The molecule has 26 heteroatoms. The maximum atomic E-state index is 14.2. The van der Waals surface area contributed by atoms with Crippen molar-refractivity contribution in [3.63, 3.8) is 0 Å². The van der Waals surface area contributed by atoms with Gasteiger partial charge >= 0.3 is 34.9 Å². The predicted octanol–water partition coefficient (Wildman–Crippen LogP) is 7.83. The molecular formula is C36H36Cl3F4N4O12PS2. The summed E-state index contributed by atoms with van der Waals surface area (Å²) in [5.41, 5.74) is 4.01. The monoisotopic (exact) mass is 992 g/mol. The SMILES string of the molecule is CP(=O)(O)CCC(N)C(=O)O.C[C@H](OC(=O)c1cc(Oc2ccc(C(F)(F)F)cc2Cl)ccc1Cl)C(=O)O.O=C(O)CSc1cc(N=c2sc(=O)n3n2CCCC3)c(F)cc1Cl. The number of alkyl halides is 3. The number of carboxylic acid groups (broad SMARTS) is 3. The van der Waals surface area contributed by atoms with E-state index in [1.54, 1.807) is 9.36 Å². The van der Waals surface area contributed by atoms with Crippen molar-refractivity contribution in [2.45, 2.75) is 62.5 Å². The first-order valence-electron chi connectivity index (χ1n) is 17.5. The van der Waals surface area contributed by atoms with Crippen LogP contribution in [0.4, 0.5) is 23.2 Å². The highest BCUT2D eigenvalue weighted by Crippen LogP contribution is 2.38. The number of carboxylic acids is 3. The highest BCUT2D eigenvalue weighted by atomic mass is 35.5. The second-order valence-electron chi connectivity index (χ2n) is 12.9. The minimum Gasteiger partial charge on any atom is -0.481 e. The lowest BCUT2D eigenvalue weighted by molar-refractivity contribution is -0.146. The highest BCUT2D eigenvalue weighted by Gasteiger charge is 2.31. The summed E-state index contributed by atoms with van der Waals surface area (Å²) < 4.78 is 76.3. The Hall–Kier alpha value is -4.41. The molecule has 62 heavy (non-hydrogen) atoms. The van der Waals surface area contributed by atoms with Crippen molar-refractivity contribution in [2.75, 3.05) is 18.6 Å². The molecule has 2 unspecified atom stereocenters. The second kappa shape index (κ2) is 22.8. The number of halogens is 7. The van der Waals surface area contributed by atoms with Gasteiger partial charge < -0.3 is 35.4 Å². The molecule has 0 saturated heterocycles. The number of carbonyl (C=O) groups excluding carboxylic acids is 1. The zero-order valence-electron chi connectivity index (χ0n) is 32.1. The van der Waals surface area contributed by atoms with E-state index in [9.17, 15) is 46.1 Å². The highest BCUT2D eigenvalue weighted by molar-refractivity contribution is 8.00. The standard InChI is InChI=1S/C17H11Cl2F3O5.C14H13ClFN3O3S2.C5H12NO4P/c1-8(15(23)24)26-16(25)11-7-10(3-4-12(11)18)27-14-5-2-9(6-13(14)19)17(20,21)22;15-8-5-9(16)10(6-11(8)23-7-12(20)21)17-13-18-3-1-2-4-19(18)14(22)24-13;1-11(9,10)3-2-4(6)5(7)8/h2-8H,1H3,(H,23,24);5-6H,1-4,7H2,(H,20,21);4H,2-3,6H2,1H3,(H,7,8)(H,9,10)/t8-;;/m0../s1. The lowest BCUT2D eigenvalue weighted by Gasteiger charge is -2.15. The van der Waals surface area contributed by atoms with Gasteiger partial charge in [0.1, 0.15) is 29.0 Å². The number of nitrogens with zero attached hydrogens (tertiary/aromatic N) is 3. The van der Waals surface area contributed by atoms with E-state index in [1.807, 2.05) is 0 Å². The number of aromatic nitrogens is 2. The lowest BCUT2D eigenvalue weighted by atomic mass is 10.2. The van der Waals surface area contributed by atoms with Crippen LogP contribution in [0.25, 0.3) is 0 Å². The van der Waals surface area contributed by atoms with Gasteiger partial charge in [-0.3, -0.25) is 23.6 Å². The van der Waals surface area contributed by atoms with E-state index < -0.39 is 60.9 Å². The number of benzene rings is 3. The number of esters is 1. The molecule has 0 aliphatic carbocycles. The molecule has 338 valence electrons. The van der Waals surface area contributed by atoms with Crippen LogP contribution in [0.2, 0.25) is 15.1 Å². The number of ether oxygens (including phenoxy) is 2. The third-order valence-electron chi connectivity index (χ3n) is 7.91. The Morgan fingerprint density at radius 3 is 2.18 bits per heavy atom. The van der Waals surface area contributed by atoms with E-state index in [0.717, 1.165) is 67.1 Å². The largest absolute Gasteiger partial charge is 0.481 e. The molecule has 16 nitrogen and oxygen atoms in total. The first-order chi connectivity index (χ1) is 28.8. The fraction of sp³-hybridized carbons (Fsp3) is 0.333. The molecular weight excluding hydrogens is 958 g/mol. The van der Waals surface area contributed by atoms with Gasteiger partial charge in [-0.25, -0.2) is 23.7 Å². The van der Waals surface area contributed by atoms with E-state index in [2.05, 4.69) is 4.99 Å². The minimum absolute atomic E-state index is 0.0246. The Balaban J connectivity index is 0.000000269. The molecule has 0 saturated carbocycles. The van der Waals surface area contributed by atoms with E-state index in [1.165, 1.54) is 24.9 Å². The normalized spacial score (nSPS) is 14.4. The Bertz CT molecular complexity index is 2480. The van der Waals surface area contributed by atoms with Crippen LogP contribution in [0.1, 0.15) is 42.1 Å². The summed E-state index contributed by atoms with van der Waals surface area (Å²) in [5.74, 6) is -5.32. The molecule has 4 aromatic rings. The first-order valence-corrected chi connectivity index (χ1v) is 22.7. The molecule has 0 fully saturated rings. The van der Waals surface area contributed by atoms with Gasteiger partial charge in [-0.2, -0.15) is 13.2 Å². The van der Waals surface area contributed by atoms with Crippen molar-refractivity contribution in [1.82, 2.24) is 9.36 Å². The summed E-state index contributed by atoms with van der Waals surface area (Å²) in [4.78, 5) is 69.3. The van der Waals surface area contributed by atoms with Crippen molar-refractivity contribution in [3.8, 4) is 11.5 Å². The molecule has 0 amide bonds. The van der Waals surface area contributed by atoms with Gasteiger partial charge in [0.2, 0.25) is 4.80 Å². The molecule has 3 atom stereocenters. The smallest absolute Gasteiger partial charge is 0.416 e. The molecule has 0 spiro atoms. The van der Waals surface area contributed by atoms with Gasteiger partial charge in [0.15, 0.2) is 13.5 Å². The zero-order chi connectivity index (χ0) is 46.7. The molecule has 5 rings (SSSR count). The maximum Gasteiger partial charge on any atom is 0.416 e. The molecule has 1 aliphatic rings. The molecule has 0 bridgehead atoms. The molecule has 2 heterocycles. The van der Waals surface area contributed by atoms with E-state index >= 15 is 0 Å². The number of hydrogen-bond acceptors (Lipinski definition) is 12. The number of fused-ring (bicyclic) bond motifs is 1. The maximum absolute atomic E-state index is 14.2. The Kier molecular flexibility index (Phi) is 19.1. The van der Waals surface area contributed by atoms with Gasteiger partial charge in [-0.1, -0.05) is 34.8 Å². The van der Waals surface area contributed by atoms with Crippen molar-refractivity contribution in [1.29, 1.82) is 0 Å². The van der Waals surface area contributed by atoms with E-state index in [0.29, 0.717) is 28.9 Å². The van der Waals surface area contributed by atoms with Crippen LogP contribution in [0.3, 0.4) is 0 Å². The van der Waals surface area contributed by atoms with Crippen LogP contribution in [0, 0.1) is 5.82 Å². The number of nitrogens with two attached hydrogens (primary N) is 1. The van der Waals surface area contributed by atoms with E-state index in [-0.39, 0.29) is 61.0 Å². The molecule has 0 radical (unpaired) electrons. The summed E-state index contributed by atoms with van der Waals surface area (Å²) >= 11 is 19.6. The van der Waals surface area contributed by atoms with Crippen LogP contribution in [0.15, 0.2) is 63.2 Å². The Labute approximate surface area is 371 Å². The fourth-order valence-electron chi connectivity index (χ4n) is 4.76. The molecule has 3 aromatic carbocycles. The van der Waals surface area contributed by atoms with Gasteiger partial charge in [0.05, 0.1) is 31.9 Å². The van der Waals surface area contributed by atoms with Crippen LogP contribution < -0.4 is 20.1 Å². The summed E-state index contributed by atoms with van der Waals surface area (Å²) in [7, 11) is -3.10. The average molecular weight is 994 g/mol. The number of rotatable bonds is 13. The van der Waals surface area contributed by atoms with Crippen molar-refractivity contribution >= 4 is 94.8 Å². The number of carbonyl (C=O) groups is 4.